The van der Waals surface area contributed by atoms with Crippen LogP contribution < -0.4 is 4.72 Å². The second-order valence-corrected chi connectivity index (χ2v) is 3.27. The third-order valence-corrected chi connectivity index (χ3v) is 1.59. The normalized spacial score (nSPS) is 11.1. The van der Waals surface area contributed by atoms with E-state index in [9.17, 15) is 8.42 Å². The first-order valence-electron chi connectivity index (χ1n) is 2.56. The number of nitrogens with zero attached hydrogens (tertiary/aromatic N) is 3. The molecule has 6 nitrogen and oxygen atoms in total. The van der Waals surface area contributed by atoms with Crippen molar-refractivity contribution < 1.29 is 8.42 Å². The maximum absolute atomic E-state index is 10.5. The zero-order chi connectivity index (χ0) is 8.20. The minimum absolute atomic E-state index is 0.254. The van der Waals surface area contributed by atoms with E-state index in [1.807, 2.05) is 0 Å². The van der Waals surface area contributed by atoms with E-state index in [2.05, 4.69) is 14.2 Å². The van der Waals surface area contributed by atoms with E-state index in [0.29, 0.717) is 0 Å². The minimum Gasteiger partial charge on any atom is -0.206 e. The maximum Gasteiger partial charge on any atom is 0.300 e. The van der Waals surface area contributed by atoms with Crippen LogP contribution in [0.2, 0.25) is 0 Å². The van der Waals surface area contributed by atoms with Crippen LogP contribution in [0.4, 0.5) is 0 Å². The molecule has 0 aromatic rings. The fourth-order valence-corrected chi connectivity index (χ4v) is 1.11. The SMILES string of the molecule is CC(C)NS(=O)(=O)N=[N+]=[N-]. The molecule has 7 heteroatoms. The van der Waals surface area contributed by atoms with Gasteiger partial charge in [-0.25, -0.2) is 13.1 Å². The van der Waals surface area contributed by atoms with Crippen molar-refractivity contribution in [3.05, 3.63) is 10.4 Å². The molecule has 0 spiro atoms. The highest BCUT2D eigenvalue weighted by Gasteiger charge is 2.06. The Bertz CT molecular complexity index is 237. The molecule has 0 radical (unpaired) electrons. The Kier molecular flexibility index (Phi) is 3.14. The summed E-state index contributed by atoms with van der Waals surface area (Å²) in [5, 5.41) is 0. The minimum atomic E-state index is -3.77. The summed E-state index contributed by atoms with van der Waals surface area (Å²) in [6, 6.07) is -0.254. The lowest BCUT2D eigenvalue weighted by atomic mass is 10.4. The number of rotatable bonds is 3. The van der Waals surface area contributed by atoms with Gasteiger partial charge in [0.25, 0.3) is 10.2 Å². The van der Waals surface area contributed by atoms with Gasteiger partial charge in [-0.15, -0.1) is 0 Å². The van der Waals surface area contributed by atoms with Gasteiger partial charge in [-0.05, 0) is 19.4 Å². The first kappa shape index (κ1) is 9.22. The van der Waals surface area contributed by atoms with Crippen LogP contribution in [-0.2, 0) is 10.2 Å². The van der Waals surface area contributed by atoms with Crippen LogP contribution in [0.25, 0.3) is 10.4 Å². The standard InChI is InChI=1S/C3H8N4O2S/c1-3(2)5-10(8,9)7-6-4/h3,5H,1-2H3. The van der Waals surface area contributed by atoms with E-state index < -0.39 is 10.2 Å². The Morgan fingerprint density at radius 1 is 1.60 bits per heavy atom. The smallest absolute Gasteiger partial charge is 0.206 e. The van der Waals surface area contributed by atoms with Crippen molar-refractivity contribution in [3.8, 4) is 0 Å². The molecule has 0 rings (SSSR count). The molecule has 10 heavy (non-hydrogen) atoms. The van der Waals surface area contributed by atoms with Crippen molar-refractivity contribution in [2.75, 3.05) is 0 Å². The fraction of sp³-hybridized carbons (Fsp3) is 1.00. The lowest BCUT2D eigenvalue weighted by molar-refractivity contribution is 0.571. The highest BCUT2D eigenvalue weighted by atomic mass is 32.2. The molecule has 0 bridgehead atoms. The molecule has 0 unspecified atom stereocenters. The number of azide groups is 1. The van der Waals surface area contributed by atoms with Crippen LogP contribution in [-0.4, -0.2) is 14.5 Å². The zero-order valence-electron chi connectivity index (χ0n) is 5.64. The summed E-state index contributed by atoms with van der Waals surface area (Å²) in [5.74, 6) is 0. The molecule has 0 aromatic heterocycles. The van der Waals surface area contributed by atoms with Crippen LogP contribution in [0.3, 0.4) is 0 Å². The fourth-order valence-electron chi connectivity index (χ4n) is 0.370. The van der Waals surface area contributed by atoms with Gasteiger partial charge in [0.2, 0.25) is 0 Å². The predicted molar refractivity (Wildman–Crippen MR) is 36.3 cm³/mol. The average molecular weight is 164 g/mol. The molecule has 0 saturated heterocycles. The van der Waals surface area contributed by atoms with Gasteiger partial charge in [-0.1, -0.05) is 0 Å². The summed E-state index contributed by atoms with van der Waals surface area (Å²) in [4.78, 5) is 2.13. The summed E-state index contributed by atoms with van der Waals surface area (Å²) in [5.41, 5.74) is 7.75. The molecule has 1 N–H and O–H groups in total. The van der Waals surface area contributed by atoms with Crippen LogP contribution >= 0.6 is 0 Å². The Morgan fingerprint density at radius 2 is 2.10 bits per heavy atom. The van der Waals surface area contributed by atoms with Gasteiger partial charge in [0.15, 0.2) is 0 Å². The molecule has 0 atom stereocenters. The van der Waals surface area contributed by atoms with Gasteiger partial charge in [0, 0.05) is 15.5 Å². The van der Waals surface area contributed by atoms with Crippen molar-refractivity contribution in [2.45, 2.75) is 19.9 Å². The van der Waals surface area contributed by atoms with E-state index in [0.717, 1.165) is 0 Å². The van der Waals surface area contributed by atoms with E-state index in [-0.39, 0.29) is 6.04 Å². The first-order chi connectivity index (χ1) is 4.48. The second-order valence-electron chi connectivity index (χ2n) is 1.92. The summed E-state index contributed by atoms with van der Waals surface area (Å²) < 4.78 is 25.6. The Hall–Kier alpha value is -0.780. The van der Waals surface area contributed by atoms with Crippen LogP contribution in [0.5, 0.6) is 0 Å². The maximum atomic E-state index is 10.5. The summed E-state index contributed by atoms with van der Waals surface area (Å²) in [6.07, 6.45) is 0. The van der Waals surface area contributed by atoms with Gasteiger partial charge in [-0.2, -0.15) is 0 Å². The van der Waals surface area contributed by atoms with Crippen LogP contribution in [0.1, 0.15) is 13.8 Å². The molecule has 0 aliphatic carbocycles. The van der Waals surface area contributed by atoms with E-state index in [1.165, 1.54) is 0 Å². The van der Waals surface area contributed by atoms with Gasteiger partial charge >= 0.3 is 0 Å². The predicted octanol–water partition coefficient (Wildman–Crippen LogP) is 0.539. The molecule has 0 aliphatic heterocycles. The van der Waals surface area contributed by atoms with Crippen LogP contribution in [0, 0.1) is 0 Å². The summed E-state index contributed by atoms with van der Waals surface area (Å²) in [6.45, 7) is 3.26. The monoisotopic (exact) mass is 164 g/mol. The van der Waals surface area contributed by atoms with Crippen molar-refractivity contribution in [1.82, 2.24) is 4.72 Å². The van der Waals surface area contributed by atoms with Crippen molar-refractivity contribution in [1.29, 1.82) is 0 Å². The number of nitrogens with one attached hydrogen (secondary N) is 1. The Morgan fingerprint density at radius 3 is 2.40 bits per heavy atom. The average Bonchev–Trinajstić information content (AvgIpc) is 1.59. The van der Waals surface area contributed by atoms with Crippen LogP contribution in [0.15, 0.2) is 4.52 Å². The zero-order valence-corrected chi connectivity index (χ0v) is 6.46. The second kappa shape index (κ2) is 3.40. The quantitative estimate of drug-likeness (QED) is 0.374. The van der Waals surface area contributed by atoms with Crippen molar-refractivity contribution >= 4 is 10.2 Å². The summed E-state index contributed by atoms with van der Waals surface area (Å²) >= 11 is 0. The van der Waals surface area contributed by atoms with Crippen molar-refractivity contribution in [2.24, 2.45) is 4.52 Å². The Balaban J connectivity index is 4.30. The lowest BCUT2D eigenvalue weighted by Gasteiger charge is -2.02. The van der Waals surface area contributed by atoms with E-state index in [4.69, 9.17) is 5.53 Å². The Labute approximate surface area is 59.0 Å². The molecule has 0 aromatic carbocycles. The van der Waals surface area contributed by atoms with Gasteiger partial charge in [0.05, 0.1) is 0 Å². The molecule has 0 aliphatic rings. The van der Waals surface area contributed by atoms with E-state index >= 15 is 0 Å². The van der Waals surface area contributed by atoms with Gasteiger partial charge < -0.3 is 0 Å². The topological polar surface area (TPSA) is 94.9 Å². The number of hydrogen-bond acceptors (Lipinski definition) is 2. The van der Waals surface area contributed by atoms with Gasteiger partial charge in [-0.3, -0.25) is 0 Å². The van der Waals surface area contributed by atoms with Crippen molar-refractivity contribution in [3.63, 3.8) is 0 Å². The molecule has 0 heterocycles. The molecular formula is C3H8N4O2S. The molecule has 0 saturated carbocycles. The summed E-state index contributed by atoms with van der Waals surface area (Å²) in [7, 11) is -3.77. The first-order valence-corrected chi connectivity index (χ1v) is 4.00. The highest BCUT2D eigenvalue weighted by molar-refractivity contribution is 7.88. The third-order valence-electron chi connectivity index (χ3n) is 0.529. The lowest BCUT2D eigenvalue weighted by Crippen LogP contribution is -2.27. The molecule has 0 fully saturated rings. The molecule has 58 valence electrons. The third kappa shape index (κ3) is 4.13. The molecule has 0 amide bonds. The highest BCUT2D eigenvalue weighted by Crippen LogP contribution is 1.88. The van der Waals surface area contributed by atoms with E-state index in [1.54, 1.807) is 13.8 Å². The number of hydrogen-bond donors (Lipinski definition) is 1. The molecular weight excluding hydrogens is 156 g/mol. The van der Waals surface area contributed by atoms with Gasteiger partial charge in [0.1, 0.15) is 0 Å². The largest absolute Gasteiger partial charge is 0.300 e.